The molecule has 0 unspecified atom stereocenters. The van der Waals surface area contributed by atoms with Crippen LogP contribution in [0.4, 0.5) is 0 Å². The molecule has 2 aromatic rings. The fraction of sp³-hybridized carbons (Fsp3) is 0.462. The molecule has 2 heterocycles. The number of sulfonamides is 1. The van der Waals surface area contributed by atoms with Crippen molar-refractivity contribution >= 4 is 21.1 Å². The highest BCUT2D eigenvalue weighted by atomic mass is 32.2. The van der Waals surface area contributed by atoms with E-state index in [1.165, 1.54) is 10.7 Å². The quantitative estimate of drug-likeness (QED) is 0.850. The van der Waals surface area contributed by atoms with Gasteiger partial charge in [-0.15, -0.1) is 0 Å². The van der Waals surface area contributed by atoms with Crippen molar-refractivity contribution in [1.29, 1.82) is 0 Å². The molecule has 0 radical (unpaired) electrons. The minimum absolute atomic E-state index is 0.270. The van der Waals surface area contributed by atoms with Gasteiger partial charge in [-0.05, 0) is 18.7 Å². The standard InChI is InChI=1S/C13H17N3O3S/c1-2-15-5-7-16(8-6-15)20(17,18)11-3-4-12-13(9-11)19-10-14-12/h3-4,9-10H,2,5-8H2,1H3. The number of likely N-dealkylation sites (N-methyl/N-ethyl adjacent to an activating group) is 1. The lowest BCUT2D eigenvalue weighted by Crippen LogP contribution is -2.48. The number of benzene rings is 1. The van der Waals surface area contributed by atoms with Crippen molar-refractivity contribution in [2.45, 2.75) is 11.8 Å². The third-order valence-electron chi connectivity index (χ3n) is 3.72. The molecule has 0 aliphatic carbocycles. The van der Waals surface area contributed by atoms with Gasteiger partial charge in [0.1, 0.15) is 5.52 Å². The second kappa shape index (κ2) is 5.16. The van der Waals surface area contributed by atoms with E-state index >= 15 is 0 Å². The predicted octanol–water partition coefficient (Wildman–Crippen LogP) is 1.15. The fourth-order valence-electron chi connectivity index (χ4n) is 2.43. The maximum Gasteiger partial charge on any atom is 0.243 e. The molecule has 1 aromatic carbocycles. The summed E-state index contributed by atoms with van der Waals surface area (Å²) in [6.07, 6.45) is 1.32. The lowest BCUT2D eigenvalue weighted by atomic mass is 10.3. The summed E-state index contributed by atoms with van der Waals surface area (Å²) in [5.41, 5.74) is 1.16. The van der Waals surface area contributed by atoms with Gasteiger partial charge in [0.2, 0.25) is 10.0 Å². The van der Waals surface area contributed by atoms with E-state index in [1.807, 2.05) is 0 Å². The molecule has 0 amide bonds. The van der Waals surface area contributed by atoms with Crippen LogP contribution in [0.5, 0.6) is 0 Å². The van der Waals surface area contributed by atoms with Crippen molar-refractivity contribution in [3.05, 3.63) is 24.6 Å². The van der Waals surface area contributed by atoms with Crippen LogP contribution in [0.25, 0.3) is 11.1 Å². The number of rotatable bonds is 3. The first-order chi connectivity index (χ1) is 9.61. The van der Waals surface area contributed by atoms with E-state index in [0.29, 0.717) is 24.2 Å². The Kier molecular flexibility index (Phi) is 3.49. The van der Waals surface area contributed by atoms with E-state index in [4.69, 9.17) is 4.42 Å². The fourth-order valence-corrected chi connectivity index (χ4v) is 3.87. The number of hydrogen-bond acceptors (Lipinski definition) is 5. The Morgan fingerprint density at radius 2 is 2.00 bits per heavy atom. The number of piperazine rings is 1. The average molecular weight is 295 g/mol. The SMILES string of the molecule is CCN1CCN(S(=O)(=O)c2ccc3ncoc3c2)CC1. The van der Waals surface area contributed by atoms with Crippen molar-refractivity contribution in [3.63, 3.8) is 0 Å². The normalized spacial score (nSPS) is 18.6. The van der Waals surface area contributed by atoms with E-state index in [-0.39, 0.29) is 4.90 Å². The Balaban J connectivity index is 1.87. The van der Waals surface area contributed by atoms with Crippen LogP contribution in [0.15, 0.2) is 33.9 Å². The van der Waals surface area contributed by atoms with Crippen molar-refractivity contribution in [2.24, 2.45) is 0 Å². The lowest BCUT2D eigenvalue weighted by molar-refractivity contribution is 0.196. The third kappa shape index (κ3) is 2.32. The molecular formula is C13H17N3O3S. The lowest BCUT2D eigenvalue weighted by Gasteiger charge is -2.33. The second-order valence-electron chi connectivity index (χ2n) is 4.82. The topological polar surface area (TPSA) is 66.7 Å². The Hall–Kier alpha value is -1.44. The number of fused-ring (bicyclic) bond motifs is 1. The molecule has 108 valence electrons. The van der Waals surface area contributed by atoms with Crippen LogP contribution in [0, 0.1) is 0 Å². The van der Waals surface area contributed by atoms with Gasteiger partial charge in [-0.25, -0.2) is 13.4 Å². The zero-order valence-corrected chi connectivity index (χ0v) is 12.1. The summed E-state index contributed by atoms with van der Waals surface area (Å²) >= 11 is 0. The molecule has 1 aliphatic rings. The average Bonchev–Trinajstić information content (AvgIpc) is 2.94. The van der Waals surface area contributed by atoms with Gasteiger partial charge in [0.05, 0.1) is 4.90 Å². The van der Waals surface area contributed by atoms with Gasteiger partial charge in [-0.3, -0.25) is 0 Å². The van der Waals surface area contributed by atoms with Gasteiger partial charge in [0.25, 0.3) is 0 Å². The van der Waals surface area contributed by atoms with E-state index in [2.05, 4.69) is 16.8 Å². The minimum Gasteiger partial charge on any atom is -0.443 e. The number of oxazole rings is 1. The second-order valence-corrected chi connectivity index (χ2v) is 6.76. The third-order valence-corrected chi connectivity index (χ3v) is 5.61. The molecule has 1 aliphatic heterocycles. The maximum absolute atomic E-state index is 12.6. The summed E-state index contributed by atoms with van der Waals surface area (Å²) in [6.45, 7) is 5.66. The molecule has 1 saturated heterocycles. The van der Waals surface area contributed by atoms with E-state index < -0.39 is 10.0 Å². The van der Waals surface area contributed by atoms with Crippen LogP contribution in [0.3, 0.4) is 0 Å². The first kappa shape index (κ1) is 13.5. The highest BCUT2D eigenvalue weighted by Crippen LogP contribution is 2.22. The first-order valence-corrected chi connectivity index (χ1v) is 8.11. The Morgan fingerprint density at radius 3 is 2.70 bits per heavy atom. The van der Waals surface area contributed by atoms with Gasteiger partial charge < -0.3 is 9.32 Å². The summed E-state index contributed by atoms with van der Waals surface area (Å²) < 4.78 is 31.9. The largest absolute Gasteiger partial charge is 0.443 e. The number of aromatic nitrogens is 1. The van der Waals surface area contributed by atoms with E-state index in [9.17, 15) is 8.42 Å². The molecule has 0 spiro atoms. The first-order valence-electron chi connectivity index (χ1n) is 6.67. The molecule has 20 heavy (non-hydrogen) atoms. The monoisotopic (exact) mass is 295 g/mol. The maximum atomic E-state index is 12.6. The molecule has 0 N–H and O–H groups in total. The van der Waals surface area contributed by atoms with Gasteiger partial charge in [0.15, 0.2) is 12.0 Å². The van der Waals surface area contributed by atoms with Crippen molar-refractivity contribution < 1.29 is 12.8 Å². The number of hydrogen-bond donors (Lipinski definition) is 0. The Morgan fingerprint density at radius 1 is 1.25 bits per heavy atom. The predicted molar refractivity (Wildman–Crippen MR) is 74.9 cm³/mol. The van der Waals surface area contributed by atoms with Gasteiger partial charge in [0, 0.05) is 32.2 Å². The summed E-state index contributed by atoms with van der Waals surface area (Å²) in [7, 11) is -3.44. The molecule has 6 nitrogen and oxygen atoms in total. The smallest absolute Gasteiger partial charge is 0.243 e. The van der Waals surface area contributed by atoms with E-state index in [0.717, 1.165) is 19.6 Å². The van der Waals surface area contributed by atoms with Gasteiger partial charge in [-0.2, -0.15) is 4.31 Å². The van der Waals surface area contributed by atoms with Gasteiger partial charge in [-0.1, -0.05) is 6.92 Å². The summed E-state index contributed by atoms with van der Waals surface area (Å²) in [6, 6.07) is 4.81. The Labute approximate surface area is 118 Å². The molecule has 0 bridgehead atoms. The number of nitrogens with zero attached hydrogens (tertiary/aromatic N) is 3. The molecule has 1 fully saturated rings. The molecule has 7 heteroatoms. The molecule has 0 saturated carbocycles. The highest BCUT2D eigenvalue weighted by Gasteiger charge is 2.28. The van der Waals surface area contributed by atoms with Crippen molar-refractivity contribution in [1.82, 2.24) is 14.2 Å². The van der Waals surface area contributed by atoms with Crippen LogP contribution >= 0.6 is 0 Å². The summed E-state index contributed by atoms with van der Waals surface area (Å²) in [5, 5.41) is 0. The highest BCUT2D eigenvalue weighted by molar-refractivity contribution is 7.89. The summed E-state index contributed by atoms with van der Waals surface area (Å²) in [5.74, 6) is 0. The van der Waals surface area contributed by atoms with Crippen LogP contribution in [-0.4, -0.2) is 55.3 Å². The zero-order valence-electron chi connectivity index (χ0n) is 11.3. The van der Waals surface area contributed by atoms with Crippen LogP contribution in [0.1, 0.15) is 6.92 Å². The molecule has 1 aromatic heterocycles. The molecular weight excluding hydrogens is 278 g/mol. The zero-order chi connectivity index (χ0) is 14.2. The molecule has 0 atom stereocenters. The van der Waals surface area contributed by atoms with Gasteiger partial charge >= 0.3 is 0 Å². The Bertz CT molecular complexity index is 702. The van der Waals surface area contributed by atoms with Crippen LogP contribution in [0.2, 0.25) is 0 Å². The van der Waals surface area contributed by atoms with Crippen molar-refractivity contribution in [3.8, 4) is 0 Å². The van der Waals surface area contributed by atoms with Crippen LogP contribution in [-0.2, 0) is 10.0 Å². The molecule has 3 rings (SSSR count). The van der Waals surface area contributed by atoms with Crippen molar-refractivity contribution in [2.75, 3.05) is 32.7 Å². The van der Waals surface area contributed by atoms with Crippen LogP contribution < -0.4 is 0 Å². The van der Waals surface area contributed by atoms with E-state index in [1.54, 1.807) is 18.2 Å². The summed E-state index contributed by atoms with van der Waals surface area (Å²) in [4.78, 5) is 6.51. The minimum atomic E-state index is -3.44.